The standard InChI is InChI=1S/C23H22ClN5O3/c1-31-12-13-32-29-20-7-3-6-19(21(20)22(25)28-29)15-8-10-17(11-9-15)26-23(30)27-18-5-2-4-16(24)14-18/h2-11,14H,12-13H2,1H3,(H2,25,28)(H2,26,27,30). The molecule has 0 spiro atoms. The Labute approximate surface area is 189 Å². The highest BCUT2D eigenvalue weighted by Crippen LogP contribution is 2.32. The van der Waals surface area contributed by atoms with Crippen LogP contribution in [-0.2, 0) is 4.74 Å². The number of ether oxygens (including phenoxy) is 1. The number of carbonyl (C=O) groups excluding carboxylic acids is 1. The lowest BCUT2D eigenvalue weighted by Crippen LogP contribution is -2.19. The molecular weight excluding hydrogens is 430 g/mol. The maximum Gasteiger partial charge on any atom is 0.323 e. The van der Waals surface area contributed by atoms with Gasteiger partial charge in [0.1, 0.15) is 12.1 Å². The number of rotatable bonds is 7. The van der Waals surface area contributed by atoms with E-state index in [0.29, 0.717) is 35.4 Å². The maximum absolute atomic E-state index is 12.3. The van der Waals surface area contributed by atoms with Crippen LogP contribution in [0, 0.1) is 0 Å². The third-order valence-corrected chi connectivity index (χ3v) is 4.98. The number of amides is 2. The van der Waals surface area contributed by atoms with E-state index in [0.717, 1.165) is 22.0 Å². The molecule has 0 aliphatic rings. The molecule has 9 heteroatoms. The van der Waals surface area contributed by atoms with Crippen LogP contribution in [0.25, 0.3) is 22.0 Å². The van der Waals surface area contributed by atoms with Crippen molar-refractivity contribution in [2.24, 2.45) is 0 Å². The van der Waals surface area contributed by atoms with E-state index in [2.05, 4.69) is 15.7 Å². The zero-order chi connectivity index (χ0) is 22.5. The number of nitrogens with one attached hydrogen (secondary N) is 2. The van der Waals surface area contributed by atoms with E-state index in [9.17, 15) is 4.79 Å². The molecule has 0 bridgehead atoms. The highest BCUT2D eigenvalue weighted by Gasteiger charge is 2.14. The summed E-state index contributed by atoms with van der Waals surface area (Å²) in [5.74, 6) is 0.371. The predicted octanol–water partition coefficient (Wildman–Crippen LogP) is 4.66. The van der Waals surface area contributed by atoms with Crippen LogP contribution in [0.3, 0.4) is 0 Å². The first-order chi connectivity index (χ1) is 15.5. The fourth-order valence-corrected chi connectivity index (χ4v) is 3.50. The first kappa shape index (κ1) is 21.5. The minimum absolute atomic E-state index is 0.356. The summed E-state index contributed by atoms with van der Waals surface area (Å²) >= 11 is 5.95. The van der Waals surface area contributed by atoms with Crippen LogP contribution >= 0.6 is 11.6 Å². The molecule has 1 heterocycles. The number of nitrogens with two attached hydrogens (primary N) is 1. The van der Waals surface area contributed by atoms with E-state index in [1.165, 1.54) is 4.85 Å². The number of anilines is 3. The summed E-state index contributed by atoms with van der Waals surface area (Å²) in [7, 11) is 1.61. The van der Waals surface area contributed by atoms with E-state index in [1.807, 2.05) is 42.5 Å². The Morgan fingerprint density at radius 2 is 1.78 bits per heavy atom. The van der Waals surface area contributed by atoms with Gasteiger partial charge in [0.25, 0.3) is 0 Å². The summed E-state index contributed by atoms with van der Waals surface area (Å²) in [6.45, 7) is 0.800. The zero-order valence-corrected chi connectivity index (χ0v) is 18.1. The van der Waals surface area contributed by atoms with Crippen LogP contribution in [0.5, 0.6) is 0 Å². The molecule has 0 aliphatic heterocycles. The Balaban J connectivity index is 1.52. The molecule has 1 aromatic heterocycles. The van der Waals surface area contributed by atoms with Crippen molar-refractivity contribution in [3.8, 4) is 11.1 Å². The van der Waals surface area contributed by atoms with Crippen molar-refractivity contribution in [1.29, 1.82) is 0 Å². The Morgan fingerprint density at radius 1 is 1.03 bits per heavy atom. The molecule has 0 saturated carbocycles. The number of urea groups is 1. The van der Waals surface area contributed by atoms with Gasteiger partial charge in [-0.2, -0.15) is 0 Å². The zero-order valence-electron chi connectivity index (χ0n) is 17.3. The Bertz CT molecular complexity index is 1240. The van der Waals surface area contributed by atoms with Crippen molar-refractivity contribution in [3.05, 3.63) is 71.8 Å². The predicted molar refractivity (Wildman–Crippen MR) is 127 cm³/mol. The summed E-state index contributed by atoms with van der Waals surface area (Å²) < 4.78 is 5.01. The van der Waals surface area contributed by atoms with Gasteiger partial charge in [-0.25, -0.2) is 4.79 Å². The first-order valence-electron chi connectivity index (χ1n) is 9.88. The molecule has 164 valence electrons. The highest BCUT2D eigenvalue weighted by atomic mass is 35.5. The van der Waals surface area contributed by atoms with E-state index in [4.69, 9.17) is 26.9 Å². The van der Waals surface area contributed by atoms with E-state index in [1.54, 1.807) is 31.4 Å². The normalized spacial score (nSPS) is 10.8. The number of fused-ring (bicyclic) bond motifs is 1. The van der Waals surface area contributed by atoms with Crippen LogP contribution in [-0.4, -0.2) is 36.3 Å². The Hall–Kier alpha value is -3.75. The molecule has 0 aliphatic carbocycles. The molecule has 3 aromatic carbocycles. The third kappa shape index (κ3) is 4.77. The molecule has 32 heavy (non-hydrogen) atoms. The SMILES string of the molecule is COCCOn1nc(N)c2c(-c3ccc(NC(=O)Nc4cccc(Cl)c4)cc3)cccc21. The van der Waals surface area contributed by atoms with E-state index < -0.39 is 0 Å². The van der Waals surface area contributed by atoms with Crippen molar-refractivity contribution in [2.45, 2.75) is 0 Å². The number of nitrogen functional groups attached to an aromatic ring is 1. The van der Waals surface area contributed by atoms with Crippen molar-refractivity contribution in [2.75, 3.05) is 36.7 Å². The van der Waals surface area contributed by atoms with Crippen molar-refractivity contribution >= 4 is 45.7 Å². The van der Waals surface area contributed by atoms with Gasteiger partial charge in [0.2, 0.25) is 0 Å². The van der Waals surface area contributed by atoms with Crippen LogP contribution < -0.4 is 21.2 Å². The molecular formula is C23H22ClN5O3. The minimum atomic E-state index is -0.360. The molecule has 4 N–H and O–H groups in total. The van der Waals surface area contributed by atoms with Crippen LogP contribution in [0.15, 0.2) is 66.7 Å². The van der Waals surface area contributed by atoms with Crippen molar-refractivity contribution in [1.82, 2.24) is 9.94 Å². The summed E-state index contributed by atoms with van der Waals surface area (Å²) in [5, 5.41) is 11.2. The highest BCUT2D eigenvalue weighted by molar-refractivity contribution is 6.30. The van der Waals surface area contributed by atoms with Crippen LogP contribution in [0.4, 0.5) is 22.0 Å². The first-order valence-corrected chi connectivity index (χ1v) is 10.3. The molecule has 0 atom stereocenters. The van der Waals surface area contributed by atoms with Gasteiger partial charge in [0, 0.05) is 23.5 Å². The second kappa shape index (κ2) is 9.59. The van der Waals surface area contributed by atoms with Gasteiger partial charge in [0.05, 0.1) is 12.0 Å². The van der Waals surface area contributed by atoms with Gasteiger partial charge in [-0.15, -0.1) is 5.10 Å². The second-order valence-electron chi connectivity index (χ2n) is 6.95. The monoisotopic (exact) mass is 451 g/mol. The fourth-order valence-electron chi connectivity index (χ4n) is 3.31. The number of hydrogen-bond acceptors (Lipinski definition) is 5. The molecule has 2 amide bonds. The van der Waals surface area contributed by atoms with Crippen LogP contribution in [0.1, 0.15) is 0 Å². The Morgan fingerprint density at radius 3 is 2.53 bits per heavy atom. The van der Waals surface area contributed by atoms with Crippen molar-refractivity contribution < 1.29 is 14.4 Å². The quantitative estimate of drug-likeness (QED) is 0.354. The lowest BCUT2D eigenvalue weighted by Gasteiger charge is -2.10. The number of carbonyl (C=O) groups is 1. The average Bonchev–Trinajstić information content (AvgIpc) is 3.10. The lowest BCUT2D eigenvalue weighted by molar-refractivity contribution is 0.0467. The summed E-state index contributed by atoms with van der Waals surface area (Å²) in [4.78, 5) is 19.3. The summed E-state index contributed by atoms with van der Waals surface area (Å²) in [6.07, 6.45) is 0. The van der Waals surface area contributed by atoms with Gasteiger partial charge in [-0.3, -0.25) is 0 Å². The maximum atomic E-state index is 12.3. The Kier molecular flexibility index (Phi) is 6.44. The molecule has 4 aromatic rings. The average molecular weight is 452 g/mol. The number of hydrogen-bond donors (Lipinski definition) is 3. The van der Waals surface area contributed by atoms with Gasteiger partial charge in [-0.05, 0) is 47.5 Å². The van der Waals surface area contributed by atoms with Gasteiger partial charge in [-0.1, -0.05) is 46.8 Å². The van der Waals surface area contributed by atoms with E-state index in [-0.39, 0.29) is 6.03 Å². The molecule has 0 saturated heterocycles. The molecule has 0 radical (unpaired) electrons. The number of aromatic nitrogens is 2. The van der Waals surface area contributed by atoms with E-state index >= 15 is 0 Å². The summed E-state index contributed by atoms with van der Waals surface area (Å²) in [6, 6.07) is 19.8. The number of nitrogens with zero attached hydrogens (tertiary/aromatic N) is 2. The third-order valence-electron chi connectivity index (χ3n) is 4.74. The smallest absolute Gasteiger partial charge is 0.323 e. The largest absolute Gasteiger partial charge is 0.394 e. The summed E-state index contributed by atoms with van der Waals surface area (Å²) in [5.41, 5.74) is 10.0. The minimum Gasteiger partial charge on any atom is -0.394 e. The van der Waals surface area contributed by atoms with Gasteiger partial charge >= 0.3 is 6.03 Å². The molecule has 0 unspecified atom stereocenters. The molecule has 0 fully saturated rings. The molecule has 8 nitrogen and oxygen atoms in total. The number of methoxy groups -OCH3 is 1. The fraction of sp³-hybridized carbons (Fsp3) is 0.130. The number of benzene rings is 3. The van der Waals surface area contributed by atoms with Crippen molar-refractivity contribution in [3.63, 3.8) is 0 Å². The van der Waals surface area contributed by atoms with Gasteiger partial charge in [0.15, 0.2) is 5.82 Å². The topological polar surface area (TPSA) is 103 Å². The second-order valence-corrected chi connectivity index (χ2v) is 7.39. The number of halogens is 1. The lowest BCUT2D eigenvalue weighted by atomic mass is 10.0. The molecule has 4 rings (SSSR count). The van der Waals surface area contributed by atoms with Gasteiger partial charge < -0.3 is 25.9 Å². The van der Waals surface area contributed by atoms with Crippen LogP contribution in [0.2, 0.25) is 5.02 Å².